The van der Waals surface area contributed by atoms with Crippen LogP contribution in [0.5, 0.6) is 0 Å². The molecule has 3 rings (SSSR count). The van der Waals surface area contributed by atoms with Gasteiger partial charge in [-0.3, -0.25) is 14.4 Å². The minimum Gasteiger partial charge on any atom is -0.326 e. The summed E-state index contributed by atoms with van der Waals surface area (Å²) >= 11 is 1.12. The smallest absolute Gasteiger partial charge is 0.240 e. The Labute approximate surface area is 148 Å². The highest BCUT2D eigenvalue weighted by molar-refractivity contribution is 8.15. The Bertz CT molecular complexity index is 881. The number of carbonyl (C=O) groups excluding carboxylic acids is 3. The van der Waals surface area contributed by atoms with Gasteiger partial charge in [0.25, 0.3) is 0 Å². The molecular formula is C17H16N4O3S. The Morgan fingerprint density at radius 2 is 1.96 bits per heavy atom. The summed E-state index contributed by atoms with van der Waals surface area (Å²) in [6.45, 7) is 1.32. The number of hydrazone groups is 1. The second-order valence-electron chi connectivity index (χ2n) is 5.49. The van der Waals surface area contributed by atoms with Gasteiger partial charge in [-0.15, -0.1) is 5.10 Å². The summed E-state index contributed by atoms with van der Waals surface area (Å²) in [7, 11) is 0. The zero-order valence-electron chi connectivity index (χ0n) is 13.4. The van der Waals surface area contributed by atoms with Crippen molar-refractivity contribution in [3.63, 3.8) is 0 Å². The van der Waals surface area contributed by atoms with Gasteiger partial charge in [0.15, 0.2) is 5.17 Å². The molecule has 2 aromatic rings. The number of benzene rings is 2. The summed E-state index contributed by atoms with van der Waals surface area (Å²) in [6, 6.07) is 13.5. The zero-order chi connectivity index (χ0) is 17.8. The summed E-state index contributed by atoms with van der Waals surface area (Å²) in [6.07, 6.45) is 0.0163. The average Bonchev–Trinajstić information content (AvgIpc) is 2.92. The quantitative estimate of drug-likeness (QED) is 0.728. The molecule has 1 aliphatic rings. The summed E-state index contributed by atoms with van der Waals surface area (Å²) in [4.78, 5) is 34.9. The fourth-order valence-corrected chi connectivity index (χ4v) is 3.30. The van der Waals surface area contributed by atoms with E-state index in [4.69, 9.17) is 0 Å². The lowest BCUT2D eigenvalue weighted by molar-refractivity contribution is -0.122. The van der Waals surface area contributed by atoms with Crippen LogP contribution in [0.15, 0.2) is 47.6 Å². The van der Waals surface area contributed by atoms with Gasteiger partial charge in [0.05, 0.1) is 0 Å². The van der Waals surface area contributed by atoms with Gasteiger partial charge in [-0.1, -0.05) is 42.1 Å². The molecule has 7 nitrogen and oxygen atoms in total. The Balaban J connectivity index is 1.61. The van der Waals surface area contributed by atoms with E-state index >= 15 is 0 Å². The molecule has 0 radical (unpaired) electrons. The Kier molecular flexibility index (Phi) is 4.99. The van der Waals surface area contributed by atoms with E-state index in [0.29, 0.717) is 5.69 Å². The zero-order valence-corrected chi connectivity index (χ0v) is 14.2. The van der Waals surface area contributed by atoms with Crippen LogP contribution in [0.25, 0.3) is 10.8 Å². The van der Waals surface area contributed by atoms with Gasteiger partial charge < -0.3 is 10.6 Å². The molecule has 1 atom stereocenters. The lowest BCUT2D eigenvalue weighted by Crippen LogP contribution is -2.28. The van der Waals surface area contributed by atoms with Gasteiger partial charge in [-0.05, 0) is 22.9 Å². The molecular weight excluding hydrogens is 340 g/mol. The van der Waals surface area contributed by atoms with Crippen LogP contribution in [0.3, 0.4) is 0 Å². The molecule has 0 saturated carbocycles. The lowest BCUT2D eigenvalue weighted by atomic mass is 10.1. The van der Waals surface area contributed by atoms with Crippen LogP contribution in [-0.2, 0) is 14.4 Å². The second-order valence-corrected chi connectivity index (χ2v) is 6.69. The SMILES string of the molecule is CC(=O)N/N=C1\NC(=O)[C@H](CC(=O)Nc2ccc3ccccc3c2)S1. The number of amides is 3. The van der Waals surface area contributed by atoms with Crippen LogP contribution in [0, 0.1) is 0 Å². The van der Waals surface area contributed by atoms with Crippen molar-refractivity contribution in [1.82, 2.24) is 10.7 Å². The first-order valence-electron chi connectivity index (χ1n) is 7.62. The predicted octanol–water partition coefficient (Wildman–Crippen LogP) is 1.81. The van der Waals surface area contributed by atoms with Gasteiger partial charge >= 0.3 is 0 Å². The molecule has 8 heteroatoms. The Morgan fingerprint density at radius 1 is 1.20 bits per heavy atom. The summed E-state index contributed by atoms with van der Waals surface area (Å²) in [5.74, 6) is -0.897. The molecule has 0 bridgehead atoms. The largest absolute Gasteiger partial charge is 0.326 e. The number of carbonyl (C=O) groups is 3. The van der Waals surface area contributed by atoms with E-state index in [1.54, 1.807) is 0 Å². The van der Waals surface area contributed by atoms with Crippen molar-refractivity contribution in [2.75, 3.05) is 5.32 Å². The minimum absolute atomic E-state index is 0.0163. The molecule has 0 aromatic heterocycles. The number of amidine groups is 1. The number of fused-ring (bicyclic) bond motifs is 1. The number of anilines is 1. The molecule has 3 N–H and O–H groups in total. The molecule has 128 valence electrons. The third-order valence-electron chi connectivity index (χ3n) is 3.50. The summed E-state index contributed by atoms with van der Waals surface area (Å²) in [5, 5.41) is 10.9. The lowest BCUT2D eigenvalue weighted by Gasteiger charge is -2.08. The van der Waals surface area contributed by atoms with Gasteiger partial charge in [-0.25, -0.2) is 5.43 Å². The van der Waals surface area contributed by atoms with Gasteiger partial charge in [0, 0.05) is 19.0 Å². The van der Waals surface area contributed by atoms with E-state index in [2.05, 4.69) is 21.2 Å². The Morgan fingerprint density at radius 3 is 2.72 bits per heavy atom. The monoisotopic (exact) mass is 356 g/mol. The molecule has 0 unspecified atom stereocenters. The van der Waals surface area contributed by atoms with Crippen LogP contribution in [0.2, 0.25) is 0 Å². The van der Waals surface area contributed by atoms with Crippen LogP contribution < -0.4 is 16.1 Å². The van der Waals surface area contributed by atoms with Crippen molar-refractivity contribution in [3.05, 3.63) is 42.5 Å². The molecule has 1 saturated heterocycles. The maximum atomic E-state index is 12.2. The van der Waals surface area contributed by atoms with E-state index in [9.17, 15) is 14.4 Å². The highest BCUT2D eigenvalue weighted by atomic mass is 32.2. The first-order valence-corrected chi connectivity index (χ1v) is 8.49. The second kappa shape index (κ2) is 7.35. The van der Waals surface area contributed by atoms with Gasteiger partial charge in [0.2, 0.25) is 17.7 Å². The first kappa shape index (κ1) is 17.0. The molecule has 3 amide bonds. The third-order valence-corrected chi connectivity index (χ3v) is 4.58. The van der Waals surface area contributed by atoms with E-state index in [1.807, 2.05) is 42.5 Å². The molecule has 1 heterocycles. The van der Waals surface area contributed by atoms with Crippen molar-refractivity contribution in [2.24, 2.45) is 5.10 Å². The molecule has 1 fully saturated rings. The average molecular weight is 356 g/mol. The molecule has 0 aliphatic carbocycles. The van der Waals surface area contributed by atoms with Gasteiger partial charge in [-0.2, -0.15) is 0 Å². The first-order chi connectivity index (χ1) is 12.0. The Hall–Kier alpha value is -2.87. The van der Waals surface area contributed by atoms with Gasteiger partial charge in [0.1, 0.15) is 5.25 Å². The van der Waals surface area contributed by atoms with E-state index in [-0.39, 0.29) is 29.3 Å². The van der Waals surface area contributed by atoms with Crippen molar-refractivity contribution in [2.45, 2.75) is 18.6 Å². The molecule has 2 aromatic carbocycles. The number of hydrogen-bond acceptors (Lipinski definition) is 5. The molecule has 25 heavy (non-hydrogen) atoms. The highest BCUT2D eigenvalue weighted by Crippen LogP contribution is 2.23. The minimum atomic E-state index is -0.576. The highest BCUT2D eigenvalue weighted by Gasteiger charge is 2.32. The van der Waals surface area contributed by atoms with Crippen molar-refractivity contribution in [3.8, 4) is 0 Å². The van der Waals surface area contributed by atoms with Crippen LogP contribution >= 0.6 is 11.8 Å². The van der Waals surface area contributed by atoms with Crippen LogP contribution in [-0.4, -0.2) is 28.1 Å². The fraction of sp³-hybridized carbons (Fsp3) is 0.176. The standard InChI is InChI=1S/C17H16N4O3S/c1-10(22)20-21-17-19-16(24)14(25-17)9-15(23)18-13-7-6-11-4-2-3-5-12(11)8-13/h2-8,14H,9H2,1H3,(H,18,23)(H,20,22)(H,19,21,24)/t14-/m0/s1. The number of rotatable bonds is 4. The normalized spacial score (nSPS) is 18.2. The summed E-state index contributed by atoms with van der Waals surface area (Å²) in [5.41, 5.74) is 2.93. The van der Waals surface area contributed by atoms with Crippen LogP contribution in [0.4, 0.5) is 5.69 Å². The summed E-state index contributed by atoms with van der Waals surface area (Å²) < 4.78 is 0. The predicted molar refractivity (Wildman–Crippen MR) is 98.0 cm³/mol. The van der Waals surface area contributed by atoms with E-state index in [1.165, 1.54) is 6.92 Å². The topological polar surface area (TPSA) is 99.7 Å². The number of thioether (sulfide) groups is 1. The number of hydrogen-bond donors (Lipinski definition) is 3. The van der Waals surface area contributed by atoms with E-state index in [0.717, 1.165) is 22.5 Å². The van der Waals surface area contributed by atoms with Crippen LogP contribution in [0.1, 0.15) is 13.3 Å². The maximum absolute atomic E-state index is 12.2. The number of nitrogens with one attached hydrogen (secondary N) is 3. The number of nitrogens with zero attached hydrogens (tertiary/aromatic N) is 1. The van der Waals surface area contributed by atoms with Crippen molar-refractivity contribution in [1.29, 1.82) is 0 Å². The third kappa shape index (κ3) is 4.36. The van der Waals surface area contributed by atoms with Crippen molar-refractivity contribution < 1.29 is 14.4 Å². The molecule has 1 aliphatic heterocycles. The van der Waals surface area contributed by atoms with Crippen molar-refractivity contribution >= 4 is 51.1 Å². The fourth-order valence-electron chi connectivity index (χ4n) is 2.37. The van der Waals surface area contributed by atoms with E-state index < -0.39 is 5.25 Å². The maximum Gasteiger partial charge on any atom is 0.240 e. The molecule has 0 spiro atoms.